The maximum absolute atomic E-state index is 12.5. The van der Waals surface area contributed by atoms with Crippen molar-refractivity contribution in [3.05, 3.63) is 28.8 Å². The van der Waals surface area contributed by atoms with Gasteiger partial charge in [0.05, 0.1) is 22.9 Å². The van der Waals surface area contributed by atoms with Crippen molar-refractivity contribution in [2.24, 2.45) is 0 Å². The molecule has 1 saturated heterocycles. The Hall–Kier alpha value is -1.75. The van der Waals surface area contributed by atoms with Gasteiger partial charge in [-0.05, 0) is 31.9 Å². The summed E-state index contributed by atoms with van der Waals surface area (Å²) in [5.41, 5.74) is 6.38. The summed E-state index contributed by atoms with van der Waals surface area (Å²) in [6.07, 6.45) is 1.39. The highest BCUT2D eigenvalue weighted by Crippen LogP contribution is 2.27. The van der Waals surface area contributed by atoms with Crippen LogP contribution in [0, 0.1) is 0 Å². The average Bonchev–Trinajstić information content (AvgIpc) is 2.91. The van der Waals surface area contributed by atoms with Crippen LogP contribution in [0.4, 0.5) is 5.69 Å². The third-order valence-corrected chi connectivity index (χ3v) is 3.75. The summed E-state index contributed by atoms with van der Waals surface area (Å²) < 4.78 is 5.01. The molecule has 2 N–H and O–H groups in total. The number of esters is 1. The lowest BCUT2D eigenvalue weighted by molar-refractivity contribution is -0.147. The van der Waals surface area contributed by atoms with Crippen molar-refractivity contribution < 1.29 is 14.3 Å². The topological polar surface area (TPSA) is 72.6 Å². The Labute approximate surface area is 122 Å². The molecule has 0 saturated carbocycles. The maximum atomic E-state index is 12.5. The number of carbonyl (C=O) groups is 2. The summed E-state index contributed by atoms with van der Waals surface area (Å²) in [5.74, 6) is -0.642. The van der Waals surface area contributed by atoms with Gasteiger partial charge >= 0.3 is 5.97 Å². The first-order chi connectivity index (χ1) is 9.56. The molecule has 1 aromatic carbocycles. The molecule has 1 heterocycles. The van der Waals surface area contributed by atoms with Crippen LogP contribution in [0.5, 0.6) is 0 Å². The van der Waals surface area contributed by atoms with E-state index in [1.807, 2.05) is 0 Å². The van der Waals surface area contributed by atoms with Crippen molar-refractivity contribution >= 4 is 29.2 Å². The van der Waals surface area contributed by atoms with Crippen LogP contribution in [0.3, 0.4) is 0 Å². The van der Waals surface area contributed by atoms with E-state index < -0.39 is 6.04 Å². The minimum absolute atomic E-state index is 0.229. The summed E-state index contributed by atoms with van der Waals surface area (Å²) >= 11 is 6.07. The van der Waals surface area contributed by atoms with E-state index in [9.17, 15) is 9.59 Å². The van der Waals surface area contributed by atoms with Crippen LogP contribution < -0.4 is 5.73 Å². The molecule has 1 fully saturated rings. The molecule has 0 radical (unpaired) electrons. The second-order valence-corrected chi connectivity index (χ2v) is 5.00. The number of anilines is 1. The van der Waals surface area contributed by atoms with Crippen LogP contribution in [0.1, 0.15) is 30.1 Å². The smallest absolute Gasteiger partial charge is 0.328 e. The van der Waals surface area contributed by atoms with Gasteiger partial charge in [-0.25, -0.2) is 4.79 Å². The predicted octanol–water partition coefficient (Wildman–Crippen LogP) is 2.09. The van der Waals surface area contributed by atoms with Crippen LogP contribution in [0.25, 0.3) is 0 Å². The lowest BCUT2D eigenvalue weighted by Crippen LogP contribution is -2.41. The SMILES string of the molecule is CCOC(=O)C1CCCN1C(=O)c1cccc(N)c1Cl. The number of nitrogen functional groups attached to an aromatic ring is 1. The molecule has 5 nitrogen and oxygen atoms in total. The van der Waals surface area contributed by atoms with Crippen LogP contribution in [0.2, 0.25) is 5.02 Å². The number of ether oxygens (including phenoxy) is 1. The summed E-state index contributed by atoms with van der Waals surface area (Å²) in [5, 5.41) is 0.229. The molecule has 20 heavy (non-hydrogen) atoms. The lowest BCUT2D eigenvalue weighted by Gasteiger charge is -2.23. The fourth-order valence-corrected chi connectivity index (χ4v) is 2.57. The molecule has 1 aromatic rings. The highest BCUT2D eigenvalue weighted by molar-refractivity contribution is 6.36. The van der Waals surface area contributed by atoms with Gasteiger partial charge in [0.2, 0.25) is 0 Å². The molecule has 6 heteroatoms. The van der Waals surface area contributed by atoms with Gasteiger partial charge in [0.1, 0.15) is 6.04 Å². The Kier molecular flexibility index (Phi) is 4.49. The predicted molar refractivity (Wildman–Crippen MR) is 76.6 cm³/mol. The van der Waals surface area contributed by atoms with Crippen molar-refractivity contribution in [1.29, 1.82) is 0 Å². The van der Waals surface area contributed by atoms with Crippen LogP contribution in [0.15, 0.2) is 18.2 Å². The number of benzene rings is 1. The summed E-state index contributed by atoms with van der Waals surface area (Å²) in [6, 6.07) is 4.39. The fourth-order valence-electron chi connectivity index (χ4n) is 2.36. The van der Waals surface area contributed by atoms with Gasteiger partial charge in [0, 0.05) is 6.54 Å². The Morgan fingerprint density at radius 2 is 2.25 bits per heavy atom. The lowest BCUT2D eigenvalue weighted by atomic mass is 10.1. The van der Waals surface area contributed by atoms with E-state index in [0.29, 0.717) is 30.8 Å². The van der Waals surface area contributed by atoms with Crippen LogP contribution in [-0.4, -0.2) is 36.0 Å². The number of likely N-dealkylation sites (tertiary alicyclic amines) is 1. The van der Waals surface area contributed by atoms with E-state index in [1.54, 1.807) is 25.1 Å². The molecule has 108 valence electrons. The van der Waals surface area contributed by atoms with Crippen molar-refractivity contribution in [1.82, 2.24) is 4.90 Å². The zero-order chi connectivity index (χ0) is 14.7. The number of nitrogens with zero attached hydrogens (tertiary/aromatic N) is 1. The first kappa shape index (κ1) is 14.7. The molecule has 0 aliphatic carbocycles. The van der Waals surface area contributed by atoms with Crippen LogP contribution in [-0.2, 0) is 9.53 Å². The van der Waals surface area contributed by atoms with Crippen molar-refractivity contribution in [3.63, 3.8) is 0 Å². The number of carbonyl (C=O) groups excluding carboxylic acids is 2. The molecular formula is C14H17ClN2O3. The fraction of sp³-hybridized carbons (Fsp3) is 0.429. The Morgan fingerprint density at radius 1 is 1.50 bits per heavy atom. The van der Waals surface area contributed by atoms with Gasteiger partial charge < -0.3 is 15.4 Å². The van der Waals surface area contributed by atoms with Gasteiger partial charge in [-0.3, -0.25) is 4.79 Å². The van der Waals surface area contributed by atoms with E-state index in [4.69, 9.17) is 22.1 Å². The largest absolute Gasteiger partial charge is 0.464 e. The van der Waals surface area contributed by atoms with Gasteiger partial charge in [0.25, 0.3) is 5.91 Å². The third kappa shape index (κ3) is 2.72. The van der Waals surface area contributed by atoms with E-state index >= 15 is 0 Å². The summed E-state index contributed by atoms with van der Waals surface area (Å²) in [7, 11) is 0. The van der Waals surface area contributed by atoms with Crippen LogP contribution >= 0.6 is 11.6 Å². The first-order valence-electron chi connectivity index (χ1n) is 6.57. The second-order valence-electron chi connectivity index (χ2n) is 4.62. The van der Waals surface area contributed by atoms with E-state index in [2.05, 4.69) is 0 Å². The number of halogens is 1. The number of amides is 1. The van der Waals surface area contributed by atoms with Gasteiger partial charge in [-0.15, -0.1) is 0 Å². The summed E-state index contributed by atoms with van der Waals surface area (Å²) in [6.45, 7) is 2.57. The Bertz CT molecular complexity index is 533. The van der Waals surface area contributed by atoms with E-state index in [-0.39, 0.29) is 16.9 Å². The van der Waals surface area contributed by atoms with E-state index in [1.165, 1.54) is 4.90 Å². The maximum Gasteiger partial charge on any atom is 0.328 e. The average molecular weight is 297 g/mol. The van der Waals surface area contributed by atoms with Gasteiger partial charge in [-0.1, -0.05) is 17.7 Å². The number of hydrogen-bond donors (Lipinski definition) is 1. The molecule has 2 rings (SSSR count). The zero-order valence-corrected chi connectivity index (χ0v) is 12.0. The standard InChI is InChI=1S/C14H17ClN2O3/c1-2-20-14(19)11-7-4-8-17(11)13(18)9-5-3-6-10(16)12(9)15/h3,5-6,11H,2,4,7-8,16H2,1H3. The molecule has 1 amide bonds. The molecule has 1 aliphatic heterocycles. The van der Waals surface area contributed by atoms with Gasteiger partial charge in [0.15, 0.2) is 0 Å². The molecule has 0 spiro atoms. The zero-order valence-electron chi connectivity index (χ0n) is 11.3. The highest BCUT2D eigenvalue weighted by atomic mass is 35.5. The van der Waals surface area contributed by atoms with Crippen molar-refractivity contribution in [2.45, 2.75) is 25.8 Å². The monoisotopic (exact) mass is 296 g/mol. The highest BCUT2D eigenvalue weighted by Gasteiger charge is 2.36. The second kappa shape index (κ2) is 6.13. The molecular weight excluding hydrogens is 280 g/mol. The quantitative estimate of drug-likeness (QED) is 0.685. The molecule has 0 bridgehead atoms. The number of nitrogens with two attached hydrogens (primary N) is 1. The molecule has 1 atom stereocenters. The summed E-state index contributed by atoms with van der Waals surface area (Å²) in [4.78, 5) is 25.9. The normalized spacial score (nSPS) is 18.1. The van der Waals surface area contributed by atoms with Gasteiger partial charge in [-0.2, -0.15) is 0 Å². The number of hydrogen-bond acceptors (Lipinski definition) is 4. The Balaban J connectivity index is 2.23. The molecule has 0 aromatic heterocycles. The molecule has 1 unspecified atom stereocenters. The number of rotatable bonds is 3. The minimum Gasteiger partial charge on any atom is -0.464 e. The third-order valence-electron chi connectivity index (χ3n) is 3.33. The minimum atomic E-state index is -0.528. The first-order valence-corrected chi connectivity index (χ1v) is 6.95. The van der Waals surface area contributed by atoms with Crippen molar-refractivity contribution in [3.8, 4) is 0 Å². The molecule has 1 aliphatic rings. The van der Waals surface area contributed by atoms with E-state index in [0.717, 1.165) is 6.42 Å². The van der Waals surface area contributed by atoms with Crippen molar-refractivity contribution in [2.75, 3.05) is 18.9 Å². The Morgan fingerprint density at radius 3 is 2.95 bits per heavy atom.